The van der Waals surface area contributed by atoms with Crippen molar-refractivity contribution in [2.45, 2.75) is 12.8 Å². The molecule has 0 atom stereocenters. The van der Waals surface area contributed by atoms with Crippen LogP contribution in [0.5, 0.6) is 11.5 Å². The van der Waals surface area contributed by atoms with E-state index in [1.54, 1.807) is 20.4 Å². The molecule has 0 bridgehead atoms. The van der Waals surface area contributed by atoms with Crippen molar-refractivity contribution >= 4 is 17.5 Å². The lowest BCUT2D eigenvalue weighted by Gasteiger charge is -2.11. The molecule has 140 valence electrons. The highest BCUT2D eigenvalue weighted by Gasteiger charge is 2.06. The van der Waals surface area contributed by atoms with E-state index in [1.165, 1.54) is 5.56 Å². The van der Waals surface area contributed by atoms with Gasteiger partial charge in [-0.25, -0.2) is 0 Å². The number of rotatable bonds is 9. The van der Waals surface area contributed by atoms with Crippen LogP contribution in [0.15, 0.2) is 54.7 Å². The lowest BCUT2D eigenvalue weighted by atomic mass is 10.1. The molecule has 0 amide bonds. The lowest BCUT2D eigenvalue weighted by Crippen LogP contribution is -2.08. The maximum Gasteiger partial charge on any atom is 0.244 e. The van der Waals surface area contributed by atoms with Gasteiger partial charge in [-0.3, -0.25) is 0 Å². The van der Waals surface area contributed by atoms with Crippen LogP contribution < -0.4 is 20.1 Å². The van der Waals surface area contributed by atoms with Gasteiger partial charge < -0.3 is 20.1 Å². The zero-order valence-electron chi connectivity index (χ0n) is 15.5. The molecule has 0 fully saturated rings. The van der Waals surface area contributed by atoms with Gasteiger partial charge in [0.1, 0.15) is 0 Å². The third-order valence-electron chi connectivity index (χ3n) is 3.98. The Morgan fingerprint density at radius 1 is 0.963 bits per heavy atom. The van der Waals surface area contributed by atoms with Crippen LogP contribution in [0.2, 0.25) is 0 Å². The van der Waals surface area contributed by atoms with Crippen molar-refractivity contribution in [2.24, 2.45) is 0 Å². The molecule has 1 heterocycles. The third-order valence-corrected chi connectivity index (χ3v) is 3.98. The van der Waals surface area contributed by atoms with Crippen LogP contribution in [0.4, 0.5) is 17.5 Å². The highest BCUT2D eigenvalue weighted by Crippen LogP contribution is 2.30. The Morgan fingerprint density at radius 3 is 2.56 bits per heavy atom. The van der Waals surface area contributed by atoms with Crippen LogP contribution in [0, 0.1) is 0 Å². The van der Waals surface area contributed by atoms with E-state index in [1.807, 2.05) is 24.3 Å². The molecule has 0 saturated heterocycles. The maximum atomic E-state index is 5.31. The summed E-state index contributed by atoms with van der Waals surface area (Å²) >= 11 is 0. The van der Waals surface area contributed by atoms with Crippen molar-refractivity contribution in [2.75, 3.05) is 31.4 Å². The number of methoxy groups -OCH3 is 2. The number of benzene rings is 2. The molecule has 2 aromatic carbocycles. The number of hydrogen-bond donors (Lipinski definition) is 2. The van der Waals surface area contributed by atoms with Crippen molar-refractivity contribution < 1.29 is 9.47 Å². The van der Waals surface area contributed by atoms with E-state index in [0.29, 0.717) is 23.3 Å². The number of aromatic nitrogens is 3. The molecule has 0 unspecified atom stereocenters. The molecule has 7 heteroatoms. The van der Waals surface area contributed by atoms with Crippen molar-refractivity contribution in [3.8, 4) is 11.5 Å². The molecule has 0 saturated carbocycles. The minimum absolute atomic E-state index is 0.494. The molecule has 0 aliphatic heterocycles. The first-order valence-electron chi connectivity index (χ1n) is 8.75. The number of aryl methyl sites for hydroxylation is 1. The Bertz CT molecular complexity index is 858. The second-order valence-corrected chi connectivity index (χ2v) is 5.88. The lowest BCUT2D eigenvalue weighted by molar-refractivity contribution is 0.355. The van der Waals surface area contributed by atoms with E-state index < -0.39 is 0 Å². The standard InChI is InChI=1S/C20H23N5O2/c1-26-17-11-10-16(13-18(17)27-2)23-19-14-22-25-20(24-19)21-12-6-9-15-7-4-3-5-8-15/h3-5,7-8,10-11,13-14H,6,9,12H2,1-2H3,(H2,21,23,24,25). The summed E-state index contributed by atoms with van der Waals surface area (Å²) in [5.74, 6) is 2.41. The summed E-state index contributed by atoms with van der Waals surface area (Å²) in [5.41, 5.74) is 2.14. The van der Waals surface area contributed by atoms with Crippen LogP contribution in [0.25, 0.3) is 0 Å². The van der Waals surface area contributed by atoms with Gasteiger partial charge in [-0.1, -0.05) is 30.3 Å². The van der Waals surface area contributed by atoms with E-state index in [2.05, 4.69) is 50.1 Å². The molecule has 0 aliphatic carbocycles. The average molecular weight is 365 g/mol. The highest BCUT2D eigenvalue weighted by molar-refractivity contribution is 5.61. The van der Waals surface area contributed by atoms with Crippen molar-refractivity contribution in [1.82, 2.24) is 15.2 Å². The van der Waals surface area contributed by atoms with Gasteiger partial charge in [0.25, 0.3) is 0 Å². The van der Waals surface area contributed by atoms with Gasteiger partial charge in [0, 0.05) is 18.3 Å². The molecular weight excluding hydrogens is 342 g/mol. The largest absolute Gasteiger partial charge is 0.493 e. The predicted octanol–water partition coefficient (Wildman–Crippen LogP) is 3.68. The van der Waals surface area contributed by atoms with Gasteiger partial charge in [0.05, 0.1) is 20.4 Å². The van der Waals surface area contributed by atoms with Gasteiger partial charge >= 0.3 is 0 Å². The summed E-state index contributed by atoms with van der Waals surface area (Å²) in [6, 6.07) is 16.0. The molecule has 7 nitrogen and oxygen atoms in total. The normalized spacial score (nSPS) is 10.3. The fraction of sp³-hybridized carbons (Fsp3) is 0.250. The minimum atomic E-state index is 0.494. The van der Waals surface area contributed by atoms with Crippen LogP contribution in [0.1, 0.15) is 12.0 Å². The quantitative estimate of drug-likeness (QED) is 0.560. The summed E-state index contributed by atoms with van der Waals surface area (Å²) in [5, 5.41) is 14.4. The number of nitrogens with one attached hydrogen (secondary N) is 2. The molecule has 0 radical (unpaired) electrons. The molecule has 3 aromatic rings. The maximum absolute atomic E-state index is 5.31. The van der Waals surface area contributed by atoms with Gasteiger partial charge in [0.2, 0.25) is 5.95 Å². The van der Waals surface area contributed by atoms with Gasteiger partial charge in [-0.2, -0.15) is 10.1 Å². The van der Waals surface area contributed by atoms with E-state index in [9.17, 15) is 0 Å². The summed E-state index contributed by atoms with van der Waals surface area (Å²) in [6.07, 6.45) is 3.57. The van der Waals surface area contributed by atoms with Crippen molar-refractivity contribution in [3.05, 3.63) is 60.3 Å². The summed E-state index contributed by atoms with van der Waals surface area (Å²) in [4.78, 5) is 4.44. The zero-order chi connectivity index (χ0) is 18.9. The average Bonchev–Trinajstić information content (AvgIpc) is 2.72. The van der Waals surface area contributed by atoms with E-state index >= 15 is 0 Å². The summed E-state index contributed by atoms with van der Waals surface area (Å²) in [7, 11) is 3.21. The fourth-order valence-electron chi connectivity index (χ4n) is 2.64. The van der Waals surface area contributed by atoms with Crippen molar-refractivity contribution in [1.29, 1.82) is 0 Å². The van der Waals surface area contributed by atoms with Crippen LogP contribution in [0.3, 0.4) is 0 Å². The Morgan fingerprint density at radius 2 is 1.78 bits per heavy atom. The summed E-state index contributed by atoms with van der Waals surface area (Å²) in [6.45, 7) is 0.774. The Hall–Kier alpha value is -3.35. The second kappa shape index (κ2) is 9.38. The number of anilines is 3. The Labute approximate surface area is 158 Å². The Kier molecular flexibility index (Phi) is 6.40. The Balaban J connectivity index is 1.55. The SMILES string of the molecule is COc1ccc(Nc2cnnc(NCCCc3ccccc3)n2)cc1OC. The monoisotopic (exact) mass is 365 g/mol. The topological polar surface area (TPSA) is 81.2 Å². The van der Waals surface area contributed by atoms with Crippen LogP contribution >= 0.6 is 0 Å². The first-order valence-corrected chi connectivity index (χ1v) is 8.75. The fourth-order valence-corrected chi connectivity index (χ4v) is 2.64. The van der Waals surface area contributed by atoms with Gasteiger partial charge in [0.15, 0.2) is 17.3 Å². The van der Waals surface area contributed by atoms with E-state index in [0.717, 1.165) is 25.1 Å². The molecule has 0 spiro atoms. The van der Waals surface area contributed by atoms with Crippen LogP contribution in [-0.4, -0.2) is 35.9 Å². The first-order chi connectivity index (χ1) is 13.3. The first kappa shape index (κ1) is 18.4. The predicted molar refractivity (Wildman–Crippen MR) is 106 cm³/mol. The van der Waals surface area contributed by atoms with Gasteiger partial charge in [-0.15, -0.1) is 5.10 Å². The third kappa shape index (κ3) is 5.31. The minimum Gasteiger partial charge on any atom is -0.493 e. The van der Waals surface area contributed by atoms with E-state index in [-0.39, 0.29) is 0 Å². The zero-order valence-corrected chi connectivity index (χ0v) is 15.5. The number of nitrogens with zero attached hydrogens (tertiary/aromatic N) is 3. The molecular formula is C20H23N5O2. The van der Waals surface area contributed by atoms with Crippen molar-refractivity contribution in [3.63, 3.8) is 0 Å². The molecule has 2 N–H and O–H groups in total. The molecule has 0 aliphatic rings. The second-order valence-electron chi connectivity index (χ2n) is 5.88. The van der Waals surface area contributed by atoms with E-state index in [4.69, 9.17) is 9.47 Å². The molecule has 1 aromatic heterocycles. The molecule has 3 rings (SSSR count). The smallest absolute Gasteiger partial charge is 0.244 e. The van der Waals surface area contributed by atoms with Gasteiger partial charge in [-0.05, 0) is 30.5 Å². The summed E-state index contributed by atoms with van der Waals surface area (Å²) < 4.78 is 10.6. The highest BCUT2D eigenvalue weighted by atomic mass is 16.5. The number of ether oxygens (including phenoxy) is 2. The molecule has 27 heavy (non-hydrogen) atoms. The number of hydrogen-bond acceptors (Lipinski definition) is 7. The van der Waals surface area contributed by atoms with Crippen LogP contribution in [-0.2, 0) is 6.42 Å².